The Kier molecular flexibility index (Phi) is 11.9. The standard InChI is InChI=1S/C6H18NSi2.C4H8O.Rb/c1-8(2,3)7-9(4,5)6;1-2-4-5-3-1;/h1-6H3;1-4H2;/q-1;;+1. The smallest absolute Gasteiger partial charge is 0.668 e. The average Bonchev–Trinajstić information content (AvgIpc) is 2.29. The van der Waals surface area contributed by atoms with Gasteiger partial charge in [-0.05, 0) is 12.8 Å². The summed E-state index contributed by atoms with van der Waals surface area (Å²) in [7, 11) is -2.21. The van der Waals surface area contributed by atoms with Crippen LogP contribution in [0.25, 0.3) is 4.65 Å². The van der Waals surface area contributed by atoms with E-state index in [9.17, 15) is 0 Å². The van der Waals surface area contributed by atoms with Gasteiger partial charge in [-0.15, -0.1) is 0 Å². The van der Waals surface area contributed by atoms with Crippen LogP contribution >= 0.6 is 0 Å². The van der Waals surface area contributed by atoms with E-state index in [2.05, 4.69) is 39.3 Å². The molecule has 86 valence electrons. The topological polar surface area (TPSA) is 23.3 Å². The van der Waals surface area contributed by atoms with Gasteiger partial charge in [-0.3, -0.25) is 0 Å². The first-order valence-corrected chi connectivity index (χ1v) is 12.4. The maximum Gasteiger partial charge on any atom is 1.00 e. The molecule has 0 atom stereocenters. The molecule has 0 amide bonds. The van der Waals surface area contributed by atoms with Crippen LogP contribution < -0.4 is 58.2 Å². The van der Waals surface area contributed by atoms with Gasteiger partial charge in [0.15, 0.2) is 0 Å². The second-order valence-electron chi connectivity index (χ2n) is 5.77. The second-order valence-corrected chi connectivity index (χ2v) is 15.4. The average molecular weight is 318 g/mol. The van der Waals surface area contributed by atoms with Crippen molar-refractivity contribution in [1.29, 1.82) is 0 Å². The van der Waals surface area contributed by atoms with Crippen LogP contribution in [0.1, 0.15) is 12.8 Å². The number of rotatable bonds is 2. The second kappa shape index (κ2) is 9.14. The van der Waals surface area contributed by atoms with Gasteiger partial charge in [-0.1, -0.05) is 55.8 Å². The van der Waals surface area contributed by atoms with Crippen LogP contribution in [0.2, 0.25) is 39.3 Å². The third-order valence-electron chi connectivity index (χ3n) is 1.50. The van der Waals surface area contributed by atoms with Crippen molar-refractivity contribution in [3.63, 3.8) is 0 Å². The maximum atomic E-state index is 4.94. The Labute approximate surface area is 147 Å². The predicted octanol–water partition coefficient (Wildman–Crippen LogP) is 0.831. The molecule has 0 N–H and O–H groups in total. The van der Waals surface area contributed by atoms with Gasteiger partial charge in [0.05, 0.1) is 0 Å². The molecular weight excluding hydrogens is 292 g/mol. The van der Waals surface area contributed by atoms with Crippen LogP contribution in [0.4, 0.5) is 0 Å². The normalized spacial score (nSPS) is 16.4. The molecule has 0 aromatic heterocycles. The molecule has 0 spiro atoms. The Bertz CT molecular complexity index is 131. The van der Waals surface area contributed by atoms with E-state index in [1.807, 2.05) is 0 Å². The minimum Gasteiger partial charge on any atom is -0.668 e. The fraction of sp³-hybridized carbons (Fsp3) is 1.00. The van der Waals surface area contributed by atoms with E-state index >= 15 is 0 Å². The molecule has 0 radical (unpaired) electrons. The molecule has 5 heteroatoms. The summed E-state index contributed by atoms with van der Waals surface area (Å²) in [6.07, 6.45) is 2.56. The van der Waals surface area contributed by atoms with Gasteiger partial charge in [0, 0.05) is 13.2 Å². The summed E-state index contributed by atoms with van der Waals surface area (Å²) < 4.78 is 9.76. The molecule has 0 unspecified atom stereocenters. The van der Waals surface area contributed by atoms with Gasteiger partial charge in [-0.25, -0.2) is 0 Å². The number of nitrogens with zero attached hydrogens (tertiary/aromatic N) is 1. The first kappa shape index (κ1) is 19.5. The third kappa shape index (κ3) is 18.7. The largest absolute Gasteiger partial charge is 1.00 e. The van der Waals surface area contributed by atoms with Crippen molar-refractivity contribution in [2.75, 3.05) is 13.2 Å². The Morgan fingerprint density at radius 1 is 0.800 bits per heavy atom. The van der Waals surface area contributed by atoms with E-state index in [1.54, 1.807) is 0 Å². The van der Waals surface area contributed by atoms with Crippen molar-refractivity contribution >= 4 is 16.5 Å². The zero-order valence-electron chi connectivity index (χ0n) is 11.7. The fourth-order valence-electron chi connectivity index (χ4n) is 1.52. The summed E-state index contributed by atoms with van der Waals surface area (Å²) in [6.45, 7) is 15.8. The van der Waals surface area contributed by atoms with Gasteiger partial charge in [-0.2, -0.15) is 0 Å². The fourth-order valence-corrected chi connectivity index (χ4v) is 9.57. The Balaban J connectivity index is 0. The van der Waals surface area contributed by atoms with Gasteiger partial charge < -0.3 is 9.38 Å². The molecule has 0 bridgehead atoms. The minimum absolute atomic E-state index is 0. The van der Waals surface area contributed by atoms with Crippen molar-refractivity contribution in [3.8, 4) is 0 Å². The monoisotopic (exact) mass is 317 g/mol. The van der Waals surface area contributed by atoms with Crippen LogP contribution in [0, 0.1) is 0 Å². The molecule has 15 heavy (non-hydrogen) atoms. The zero-order valence-corrected chi connectivity index (χ0v) is 18.6. The third-order valence-corrected chi connectivity index (χ3v) is 6.86. The summed E-state index contributed by atoms with van der Waals surface area (Å²) in [4.78, 5) is 0. The van der Waals surface area contributed by atoms with Gasteiger partial charge >= 0.3 is 58.2 Å². The van der Waals surface area contributed by atoms with Crippen LogP contribution in [0.15, 0.2) is 0 Å². The van der Waals surface area contributed by atoms with Crippen molar-refractivity contribution < 1.29 is 62.9 Å². The van der Waals surface area contributed by atoms with Crippen molar-refractivity contribution in [3.05, 3.63) is 4.65 Å². The van der Waals surface area contributed by atoms with E-state index in [-0.39, 0.29) is 58.2 Å². The number of ether oxygens (including phenoxy) is 1. The first-order valence-electron chi connectivity index (χ1n) is 5.52. The Morgan fingerprint density at radius 3 is 1.20 bits per heavy atom. The quantitative estimate of drug-likeness (QED) is 0.692. The van der Waals surface area contributed by atoms with Crippen LogP contribution in [-0.4, -0.2) is 29.7 Å². The molecule has 0 aromatic rings. The molecule has 2 nitrogen and oxygen atoms in total. The molecule has 0 aromatic carbocycles. The van der Waals surface area contributed by atoms with Gasteiger partial charge in [0.1, 0.15) is 0 Å². The molecule has 1 rings (SSSR count). The van der Waals surface area contributed by atoms with Crippen LogP contribution in [-0.2, 0) is 4.74 Å². The number of hydrogen-bond donors (Lipinski definition) is 0. The van der Waals surface area contributed by atoms with Gasteiger partial charge in [0.25, 0.3) is 0 Å². The molecule has 1 fully saturated rings. The summed E-state index contributed by atoms with van der Waals surface area (Å²) in [5, 5.41) is 0. The predicted molar refractivity (Wildman–Crippen MR) is 70.1 cm³/mol. The van der Waals surface area contributed by atoms with E-state index in [4.69, 9.17) is 9.38 Å². The zero-order chi connectivity index (χ0) is 11.2. The molecule has 0 saturated carbocycles. The van der Waals surface area contributed by atoms with Crippen LogP contribution in [0.3, 0.4) is 0 Å². The summed E-state index contributed by atoms with van der Waals surface area (Å²) in [6, 6.07) is 0. The molecule has 0 aliphatic carbocycles. The summed E-state index contributed by atoms with van der Waals surface area (Å²) >= 11 is 0. The maximum absolute atomic E-state index is 4.94. The molecule has 1 heterocycles. The summed E-state index contributed by atoms with van der Waals surface area (Å²) in [5.41, 5.74) is 0. The van der Waals surface area contributed by atoms with Crippen LogP contribution in [0.5, 0.6) is 0 Å². The van der Waals surface area contributed by atoms with Gasteiger partial charge in [0.2, 0.25) is 0 Å². The number of hydrogen-bond acceptors (Lipinski definition) is 1. The minimum atomic E-state index is -1.11. The van der Waals surface area contributed by atoms with Crippen molar-refractivity contribution in [1.82, 2.24) is 0 Å². The molecule has 1 saturated heterocycles. The molecule has 1 aliphatic rings. The van der Waals surface area contributed by atoms with E-state index < -0.39 is 16.5 Å². The van der Waals surface area contributed by atoms with E-state index in [1.165, 1.54) is 12.8 Å². The molecular formula is C10H26NORbSi2. The Morgan fingerprint density at radius 2 is 1.13 bits per heavy atom. The Hall–Kier alpha value is 2.16. The van der Waals surface area contributed by atoms with E-state index in [0.29, 0.717) is 0 Å². The first-order chi connectivity index (χ1) is 6.21. The van der Waals surface area contributed by atoms with E-state index in [0.717, 1.165) is 13.2 Å². The van der Waals surface area contributed by atoms with Crippen molar-refractivity contribution in [2.24, 2.45) is 0 Å². The van der Waals surface area contributed by atoms with Crippen molar-refractivity contribution in [2.45, 2.75) is 52.1 Å². The SMILES string of the molecule is C1CCOC1.C[Si](C)(C)[N-][Si](C)(C)C.[Rb+]. The summed E-state index contributed by atoms with van der Waals surface area (Å²) in [5.74, 6) is 0. The molecule has 1 aliphatic heterocycles.